The van der Waals surface area contributed by atoms with E-state index in [1.54, 1.807) is 0 Å². The topological polar surface area (TPSA) is 67.8 Å². The van der Waals surface area contributed by atoms with Crippen LogP contribution >= 0.6 is 23.2 Å². The molecule has 0 saturated heterocycles. The standard InChI is InChI=1S/C21H14Cl2F6N2O3.2C2H6/c22-14-5-13(6-15(23)7-14)19(21(27,28)29)9-17(31-34-19)11-1-3-12(4-2-11)18(33)30-10-16(32)8-20(24,25)26;2*1-2/h1-7H,8-10H2,(H,30,33);2*1-2H3. The zero-order chi connectivity index (χ0) is 29.3. The molecule has 1 aliphatic heterocycles. The SMILES string of the molecule is CC.CC.O=C(CNC(=O)c1ccc(C2=NOC(c3cc(Cl)cc(Cl)c3)(C(F)(F)F)C2)cc1)CC(F)(F)F. The molecule has 1 N–H and O–H groups in total. The molecular weight excluding hydrogens is 561 g/mol. The first-order chi connectivity index (χ1) is 17.7. The van der Waals surface area contributed by atoms with Gasteiger partial charge in [0.15, 0.2) is 5.78 Å². The Morgan fingerprint density at radius 3 is 1.95 bits per heavy atom. The second kappa shape index (κ2) is 13.8. The van der Waals surface area contributed by atoms with E-state index in [9.17, 15) is 35.9 Å². The first-order valence-corrected chi connectivity index (χ1v) is 12.2. The van der Waals surface area contributed by atoms with Crippen LogP contribution < -0.4 is 5.32 Å². The number of ketones is 1. The lowest BCUT2D eigenvalue weighted by Gasteiger charge is -2.29. The third-order valence-corrected chi connectivity index (χ3v) is 5.28. The number of carbonyl (C=O) groups is 2. The molecule has 5 nitrogen and oxygen atoms in total. The molecule has 0 saturated carbocycles. The first-order valence-electron chi connectivity index (χ1n) is 11.5. The minimum Gasteiger partial charge on any atom is -0.374 e. The molecule has 2 aromatic rings. The van der Waals surface area contributed by atoms with Crippen LogP contribution in [0.2, 0.25) is 10.0 Å². The Bertz CT molecular complexity index is 1120. The maximum Gasteiger partial charge on any atom is 0.435 e. The molecule has 0 aliphatic carbocycles. The number of nitrogens with one attached hydrogen (secondary N) is 1. The second-order valence-corrected chi connectivity index (χ2v) is 8.25. The van der Waals surface area contributed by atoms with Gasteiger partial charge in [0.05, 0.1) is 12.3 Å². The number of hydrogen-bond acceptors (Lipinski definition) is 4. The van der Waals surface area contributed by atoms with E-state index >= 15 is 0 Å². The monoisotopic (exact) mass is 586 g/mol. The van der Waals surface area contributed by atoms with Gasteiger partial charge in [-0.1, -0.05) is 68.2 Å². The summed E-state index contributed by atoms with van der Waals surface area (Å²) in [5.41, 5.74) is -3.04. The molecule has 210 valence electrons. The summed E-state index contributed by atoms with van der Waals surface area (Å²) in [6, 6.07) is 8.47. The van der Waals surface area contributed by atoms with Gasteiger partial charge < -0.3 is 10.2 Å². The highest BCUT2D eigenvalue weighted by Crippen LogP contribution is 2.49. The molecule has 1 unspecified atom stereocenters. The predicted octanol–water partition coefficient (Wildman–Crippen LogP) is 7.88. The Morgan fingerprint density at radius 1 is 0.947 bits per heavy atom. The Hall–Kier alpha value is -2.79. The maximum atomic E-state index is 14.0. The molecule has 1 atom stereocenters. The summed E-state index contributed by atoms with van der Waals surface area (Å²) in [6.45, 7) is 7.18. The van der Waals surface area contributed by atoms with E-state index in [1.165, 1.54) is 30.3 Å². The van der Waals surface area contributed by atoms with E-state index in [1.807, 2.05) is 27.7 Å². The van der Waals surface area contributed by atoms with Crippen molar-refractivity contribution in [1.29, 1.82) is 0 Å². The van der Waals surface area contributed by atoms with Crippen molar-refractivity contribution in [2.75, 3.05) is 6.54 Å². The summed E-state index contributed by atoms with van der Waals surface area (Å²) in [7, 11) is 0. The fourth-order valence-electron chi connectivity index (χ4n) is 3.23. The van der Waals surface area contributed by atoms with Crippen molar-refractivity contribution in [3.8, 4) is 0 Å². The molecule has 0 fully saturated rings. The third-order valence-electron chi connectivity index (χ3n) is 4.84. The van der Waals surface area contributed by atoms with Crippen LogP contribution in [0.3, 0.4) is 0 Å². The third kappa shape index (κ3) is 8.62. The zero-order valence-electron chi connectivity index (χ0n) is 20.9. The molecule has 1 aliphatic rings. The lowest BCUT2D eigenvalue weighted by atomic mass is 9.86. The largest absolute Gasteiger partial charge is 0.435 e. The van der Waals surface area contributed by atoms with E-state index < -0.39 is 49.0 Å². The van der Waals surface area contributed by atoms with Gasteiger partial charge in [-0.2, -0.15) is 26.3 Å². The van der Waals surface area contributed by atoms with Crippen LogP contribution in [0.1, 0.15) is 62.0 Å². The number of halogens is 8. The Balaban J connectivity index is 0.00000172. The van der Waals surface area contributed by atoms with E-state index in [-0.39, 0.29) is 32.4 Å². The van der Waals surface area contributed by atoms with Gasteiger partial charge in [-0.15, -0.1) is 0 Å². The minimum atomic E-state index is -4.88. The van der Waals surface area contributed by atoms with Gasteiger partial charge in [0.2, 0.25) is 0 Å². The predicted molar refractivity (Wildman–Crippen MR) is 134 cm³/mol. The van der Waals surface area contributed by atoms with Gasteiger partial charge in [-0.25, -0.2) is 0 Å². The molecule has 1 heterocycles. The number of nitrogens with zero attached hydrogens (tertiary/aromatic N) is 1. The molecule has 0 spiro atoms. The minimum absolute atomic E-state index is 0.0211. The smallest absolute Gasteiger partial charge is 0.374 e. The van der Waals surface area contributed by atoms with Crippen LogP contribution in [0.4, 0.5) is 26.3 Å². The van der Waals surface area contributed by atoms with Crippen LogP contribution in [0, 0.1) is 0 Å². The molecule has 2 aromatic carbocycles. The van der Waals surface area contributed by atoms with Crippen molar-refractivity contribution in [3.63, 3.8) is 0 Å². The summed E-state index contributed by atoms with van der Waals surface area (Å²) in [5.74, 6) is -2.05. The fraction of sp³-hybridized carbons (Fsp3) is 0.400. The average Bonchev–Trinajstić information content (AvgIpc) is 3.31. The molecular formula is C25H26Cl2F6N2O3. The van der Waals surface area contributed by atoms with Crippen LogP contribution in [0.25, 0.3) is 0 Å². The van der Waals surface area contributed by atoms with Crippen LogP contribution in [-0.4, -0.2) is 36.3 Å². The quantitative estimate of drug-likeness (QED) is 0.350. The Labute approximate surface area is 226 Å². The van der Waals surface area contributed by atoms with Crippen LogP contribution in [0.5, 0.6) is 0 Å². The summed E-state index contributed by atoms with van der Waals surface area (Å²) in [6.07, 6.45) is -11.9. The normalized spacial score (nSPS) is 16.7. The van der Waals surface area contributed by atoms with Crippen molar-refractivity contribution >= 4 is 40.6 Å². The number of rotatable bonds is 6. The van der Waals surface area contributed by atoms with Crippen molar-refractivity contribution in [3.05, 3.63) is 69.2 Å². The molecule has 1 amide bonds. The van der Waals surface area contributed by atoms with Gasteiger partial charge in [0.1, 0.15) is 6.42 Å². The molecule has 13 heteroatoms. The van der Waals surface area contributed by atoms with E-state index in [0.717, 1.165) is 12.1 Å². The summed E-state index contributed by atoms with van der Waals surface area (Å²) < 4.78 is 78.7. The number of amides is 1. The molecule has 0 radical (unpaired) electrons. The number of alkyl halides is 6. The first kappa shape index (κ1) is 33.2. The summed E-state index contributed by atoms with van der Waals surface area (Å²) >= 11 is 11.7. The van der Waals surface area contributed by atoms with Gasteiger partial charge in [-0.05, 0) is 35.9 Å². The molecule has 0 aromatic heterocycles. The Morgan fingerprint density at radius 2 is 1.47 bits per heavy atom. The molecule has 3 rings (SSSR count). The fourth-order valence-corrected chi connectivity index (χ4v) is 3.75. The maximum absolute atomic E-state index is 14.0. The lowest BCUT2D eigenvalue weighted by molar-refractivity contribution is -0.275. The lowest BCUT2D eigenvalue weighted by Crippen LogP contribution is -2.42. The van der Waals surface area contributed by atoms with E-state index in [4.69, 9.17) is 28.0 Å². The molecule has 0 bridgehead atoms. The van der Waals surface area contributed by atoms with Gasteiger partial charge in [-0.3, -0.25) is 9.59 Å². The molecule has 38 heavy (non-hydrogen) atoms. The van der Waals surface area contributed by atoms with Crippen molar-refractivity contribution < 1.29 is 40.8 Å². The van der Waals surface area contributed by atoms with Gasteiger partial charge in [0.25, 0.3) is 11.5 Å². The van der Waals surface area contributed by atoms with Crippen LogP contribution in [-0.2, 0) is 15.2 Å². The summed E-state index contributed by atoms with van der Waals surface area (Å²) in [4.78, 5) is 28.2. The van der Waals surface area contributed by atoms with Crippen molar-refractivity contribution in [1.82, 2.24) is 5.32 Å². The highest BCUT2D eigenvalue weighted by atomic mass is 35.5. The second-order valence-electron chi connectivity index (χ2n) is 7.38. The number of benzene rings is 2. The van der Waals surface area contributed by atoms with Gasteiger partial charge in [0, 0.05) is 27.6 Å². The number of hydrogen-bond donors (Lipinski definition) is 1. The number of oxime groups is 1. The average molecular weight is 587 g/mol. The van der Waals surface area contributed by atoms with Crippen LogP contribution in [0.15, 0.2) is 47.6 Å². The highest BCUT2D eigenvalue weighted by molar-refractivity contribution is 6.34. The zero-order valence-corrected chi connectivity index (χ0v) is 22.4. The van der Waals surface area contributed by atoms with Crippen molar-refractivity contribution in [2.24, 2.45) is 5.16 Å². The van der Waals surface area contributed by atoms with E-state index in [2.05, 4.69) is 10.5 Å². The summed E-state index contributed by atoms with van der Waals surface area (Å²) in [5, 5.41) is 5.60. The van der Waals surface area contributed by atoms with E-state index in [0.29, 0.717) is 0 Å². The van der Waals surface area contributed by atoms with Gasteiger partial charge >= 0.3 is 12.4 Å². The highest BCUT2D eigenvalue weighted by Gasteiger charge is 2.62. The number of Topliss-reactive ketones (excluding diaryl/α,β-unsaturated/α-hetero) is 1. The number of carbonyl (C=O) groups excluding carboxylic acids is 2. The Kier molecular flexibility index (Phi) is 12.1. The van der Waals surface area contributed by atoms with Crippen molar-refractivity contribution in [2.45, 2.75) is 58.5 Å².